The molecule has 3 unspecified atom stereocenters. The van der Waals surface area contributed by atoms with Gasteiger partial charge in [0, 0.05) is 24.8 Å². The number of hydrogen-bond donors (Lipinski definition) is 3. The van der Waals surface area contributed by atoms with E-state index in [-0.39, 0.29) is 34.2 Å². The normalized spacial score (nSPS) is 13.8. The molecule has 1 heterocycles. The molecule has 154 valence electrons. The fourth-order valence-electron chi connectivity index (χ4n) is 2.58. The highest BCUT2D eigenvalue weighted by Crippen LogP contribution is 2.30. The minimum atomic E-state index is -1.94. The standard InChI is InChI=1S/C19H21FN4O4S/c1-4-12(11(2)25)10-28-18-16(29(22)27)9-24(3)17(18)19(26)23-14-5-6-15(20)13(7-14)8-21/h4-7,9,11-12,25H,1,10,22H2,2-3H3,(H,23,26). The summed E-state index contributed by atoms with van der Waals surface area (Å²) in [6, 6.07) is 5.26. The van der Waals surface area contributed by atoms with Crippen molar-refractivity contribution in [2.45, 2.75) is 17.9 Å². The van der Waals surface area contributed by atoms with Crippen LogP contribution >= 0.6 is 0 Å². The SMILES string of the molecule is C=CC(COc1c(S(N)=O)cn(C)c1C(=O)Nc1ccc(F)c(C#N)c1)C(C)O. The number of nitriles is 1. The summed E-state index contributed by atoms with van der Waals surface area (Å²) in [4.78, 5) is 12.9. The number of ether oxygens (including phenoxy) is 1. The van der Waals surface area contributed by atoms with Gasteiger partial charge in [0.25, 0.3) is 5.91 Å². The molecule has 0 aliphatic heterocycles. The number of aliphatic hydroxyl groups excluding tert-OH is 1. The average Bonchev–Trinajstić information content (AvgIpc) is 3.00. The Bertz CT molecular complexity index is 997. The number of amides is 1. The van der Waals surface area contributed by atoms with E-state index in [9.17, 15) is 18.5 Å². The number of nitrogens with one attached hydrogen (secondary N) is 1. The van der Waals surface area contributed by atoms with Crippen molar-refractivity contribution in [3.8, 4) is 11.8 Å². The summed E-state index contributed by atoms with van der Waals surface area (Å²) >= 11 is 0. The molecule has 0 saturated heterocycles. The van der Waals surface area contributed by atoms with Crippen molar-refractivity contribution in [1.29, 1.82) is 5.26 Å². The second kappa shape index (κ2) is 9.47. The Morgan fingerprint density at radius 2 is 2.28 bits per heavy atom. The molecule has 0 aliphatic rings. The number of aromatic nitrogens is 1. The molecule has 4 N–H and O–H groups in total. The van der Waals surface area contributed by atoms with Crippen LogP contribution in [0.15, 0.2) is 41.9 Å². The van der Waals surface area contributed by atoms with Crippen molar-refractivity contribution in [2.24, 2.45) is 18.1 Å². The molecule has 1 aromatic heterocycles. The van der Waals surface area contributed by atoms with Crippen LogP contribution in [0.2, 0.25) is 0 Å². The summed E-state index contributed by atoms with van der Waals surface area (Å²) in [6.07, 6.45) is 2.16. The Hall–Kier alpha value is -3.00. The summed E-state index contributed by atoms with van der Waals surface area (Å²) in [5, 5.41) is 26.7. The van der Waals surface area contributed by atoms with Crippen molar-refractivity contribution < 1.29 is 23.2 Å². The molecular weight excluding hydrogens is 399 g/mol. The van der Waals surface area contributed by atoms with E-state index in [4.69, 9.17) is 15.1 Å². The lowest BCUT2D eigenvalue weighted by Gasteiger charge is -2.17. The highest BCUT2D eigenvalue weighted by Gasteiger charge is 2.26. The lowest BCUT2D eigenvalue weighted by Crippen LogP contribution is -2.23. The Morgan fingerprint density at radius 1 is 1.59 bits per heavy atom. The first-order valence-electron chi connectivity index (χ1n) is 8.49. The number of benzene rings is 1. The number of carbonyl (C=O) groups is 1. The van der Waals surface area contributed by atoms with Crippen LogP contribution in [-0.4, -0.2) is 32.5 Å². The molecule has 1 aromatic carbocycles. The van der Waals surface area contributed by atoms with Crippen LogP contribution in [0.25, 0.3) is 0 Å². The predicted octanol–water partition coefficient (Wildman–Crippen LogP) is 1.83. The fourth-order valence-corrected chi connectivity index (χ4v) is 3.19. The smallest absolute Gasteiger partial charge is 0.276 e. The van der Waals surface area contributed by atoms with Crippen LogP contribution < -0.4 is 15.2 Å². The van der Waals surface area contributed by atoms with Gasteiger partial charge in [-0.3, -0.25) is 4.79 Å². The van der Waals surface area contributed by atoms with Gasteiger partial charge >= 0.3 is 0 Å². The Kier molecular flexibility index (Phi) is 7.28. The molecule has 0 aliphatic carbocycles. The number of nitrogens with zero attached hydrogens (tertiary/aromatic N) is 2. The van der Waals surface area contributed by atoms with Gasteiger partial charge in [-0.25, -0.2) is 13.7 Å². The maximum Gasteiger partial charge on any atom is 0.276 e. The first-order valence-corrected chi connectivity index (χ1v) is 9.70. The third-order valence-corrected chi connectivity index (χ3v) is 4.95. The Morgan fingerprint density at radius 3 is 2.83 bits per heavy atom. The summed E-state index contributed by atoms with van der Waals surface area (Å²) in [5.41, 5.74) is -0.000768. The number of rotatable bonds is 8. The number of aryl methyl sites for hydroxylation is 1. The van der Waals surface area contributed by atoms with Gasteiger partial charge in [-0.2, -0.15) is 5.26 Å². The van der Waals surface area contributed by atoms with Crippen molar-refractivity contribution in [3.05, 3.63) is 54.1 Å². The van der Waals surface area contributed by atoms with Crippen molar-refractivity contribution >= 4 is 22.6 Å². The van der Waals surface area contributed by atoms with Crippen molar-refractivity contribution in [2.75, 3.05) is 11.9 Å². The zero-order valence-electron chi connectivity index (χ0n) is 15.9. The number of aliphatic hydroxyl groups is 1. The minimum Gasteiger partial charge on any atom is -0.489 e. The average molecular weight is 420 g/mol. The summed E-state index contributed by atoms with van der Waals surface area (Å²) in [6.45, 7) is 5.17. The highest BCUT2D eigenvalue weighted by molar-refractivity contribution is 7.82. The Balaban J connectivity index is 2.38. The topological polar surface area (TPSA) is 130 Å². The third kappa shape index (κ3) is 5.08. The monoisotopic (exact) mass is 420 g/mol. The number of anilines is 1. The first-order chi connectivity index (χ1) is 13.7. The highest BCUT2D eigenvalue weighted by atomic mass is 32.2. The molecule has 8 nitrogen and oxygen atoms in total. The molecule has 0 bridgehead atoms. The molecule has 3 atom stereocenters. The van der Waals surface area contributed by atoms with Gasteiger partial charge in [-0.1, -0.05) is 6.08 Å². The van der Waals surface area contributed by atoms with Crippen LogP contribution in [0.1, 0.15) is 23.0 Å². The van der Waals surface area contributed by atoms with Gasteiger partial charge in [0.05, 0.1) is 18.3 Å². The quantitative estimate of drug-likeness (QED) is 0.561. The van der Waals surface area contributed by atoms with Gasteiger partial charge in [-0.05, 0) is 25.1 Å². The molecule has 0 spiro atoms. The molecular formula is C19H21FN4O4S. The molecule has 29 heavy (non-hydrogen) atoms. The van der Waals surface area contributed by atoms with E-state index < -0.39 is 34.7 Å². The lowest BCUT2D eigenvalue weighted by molar-refractivity contribution is 0.0999. The van der Waals surface area contributed by atoms with Crippen molar-refractivity contribution in [1.82, 2.24) is 4.57 Å². The zero-order chi connectivity index (χ0) is 21.7. The zero-order valence-corrected chi connectivity index (χ0v) is 16.7. The van der Waals surface area contributed by atoms with Gasteiger partial charge < -0.3 is 19.7 Å². The van der Waals surface area contributed by atoms with Gasteiger partial charge in [0.15, 0.2) is 11.4 Å². The maximum absolute atomic E-state index is 13.5. The summed E-state index contributed by atoms with van der Waals surface area (Å²) in [5.74, 6) is -1.77. The fraction of sp³-hybridized carbons (Fsp3) is 0.263. The molecule has 0 radical (unpaired) electrons. The predicted molar refractivity (Wildman–Crippen MR) is 106 cm³/mol. The molecule has 2 aromatic rings. The number of carbonyl (C=O) groups excluding carboxylic acids is 1. The van der Waals surface area contributed by atoms with Gasteiger partial charge in [0.2, 0.25) is 0 Å². The Labute approximate surface area is 170 Å². The van der Waals surface area contributed by atoms with E-state index in [1.165, 1.54) is 29.0 Å². The van der Waals surface area contributed by atoms with Crippen LogP contribution in [0, 0.1) is 23.1 Å². The van der Waals surface area contributed by atoms with E-state index in [1.54, 1.807) is 20.0 Å². The molecule has 2 rings (SSSR count). The van der Waals surface area contributed by atoms with E-state index in [0.29, 0.717) is 0 Å². The van der Waals surface area contributed by atoms with Crippen molar-refractivity contribution in [3.63, 3.8) is 0 Å². The molecule has 1 amide bonds. The molecule has 10 heteroatoms. The second-order valence-electron chi connectivity index (χ2n) is 6.29. The van der Waals surface area contributed by atoms with E-state index in [2.05, 4.69) is 11.9 Å². The van der Waals surface area contributed by atoms with E-state index in [0.717, 1.165) is 6.07 Å². The van der Waals surface area contributed by atoms with E-state index in [1.807, 2.05) is 0 Å². The van der Waals surface area contributed by atoms with Crippen LogP contribution in [0.5, 0.6) is 5.75 Å². The van der Waals surface area contributed by atoms with E-state index >= 15 is 0 Å². The van der Waals surface area contributed by atoms with Crippen LogP contribution in [0.4, 0.5) is 10.1 Å². The van der Waals surface area contributed by atoms with Crippen LogP contribution in [0.3, 0.4) is 0 Å². The number of hydrogen-bond acceptors (Lipinski definition) is 5. The third-order valence-electron chi connectivity index (χ3n) is 4.22. The second-order valence-corrected chi connectivity index (χ2v) is 7.33. The minimum absolute atomic E-state index is 0.000881. The summed E-state index contributed by atoms with van der Waals surface area (Å²) in [7, 11) is -0.391. The largest absolute Gasteiger partial charge is 0.489 e. The van der Waals surface area contributed by atoms with Gasteiger partial charge in [-0.15, -0.1) is 6.58 Å². The lowest BCUT2D eigenvalue weighted by atomic mass is 10.1. The summed E-state index contributed by atoms with van der Waals surface area (Å²) < 4.78 is 32.5. The molecule has 0 fully saturated rings. The maximum atomic E-state index is 13.5. The van der Waals surface area contributed by atoms with Gasteiger partial charge in [0.1, 0.15) is 27.8 Å². The van der Waals surface area contributed by atoms with Crippen LogP contribution in [-0.2, 0) is 18.0 Å². The molecule has 0 saturated carbocycles. The number of nitrogens with two attached hydrogens (primary N) is 1. The first kappa shape index (κ1) is 22.3. The number of halogens is 1.